The van der Waals surface area contributed by atoms with Gasteiger partial charge in [-0.1, -0.05) is 17.7 Å². The van der Waals surface area contributed by atoms with Gasteiger partial charge < -0.3 is 5.32 Å². The standard InChI is InChI=1S/C15H18ClN3/c1-9-8-10(2)17-11(3)15(9)12(4)18-14-7-5-6-13(16)19-14/h5-8,12H,1-4H3,(H,18,19). The van der Waals surface area contributed by atoms with E-state index in [-0.39, 0.29) is 6.04 Å². The van der Waals surface area contributed by atoms with Crippen molar-refractivity contribution in [2.75, 3.05) is 5.32 Å². The number of aromatic nitrogens is 2. The summed E-state index contributed by atoms with van der Waals surface area (Å²) in [5.41, 5.74) is 4.56. The summed E-state index contributed by atoms with van der Waals surface area (Å²) in [4.78, 5) is 8.78. The zero-order valence-electron chi connectivity index (χ0n) is 11.7. The molecule has 0 aliphatic rings. The van der Waals surface area contributed by atoms with Crippen LogP contribution in [0.4, 0.5) is 5.82 Å². The molecule has 1 N–H and O–H groups in total. The molecule has 0 aliphatic carbocycles. The van der Waals surface area contributed by atoms with Crippen LogP contribution >= 0.6 is 11.6 Å². The highest BCUT2D eigenvalue weighted by atomic mass is 35.5. The molecule has 0 saturated carbocycles. The van der Waals surface area contributed by atoms with Gasteiger partial charge in [0.25, 0.3) is 0 Å². The van der Waals surface area contributed by atoms with Gasteiger partial charge in [-0.05, 0) is 57.0 Å². The lowest BCUT2D eigenvalue weighted by molar-refractivity contribution is 0.836. The summed E-state index contributed by atoms with van der Waals surface area (Å²) >= 11 is 5.89. The van der Waals surface area contributed by atoms with Crippen LogP contribution in [0.3, 0.4) is 0 Å². The Kier molecular flexibility index (Phi) is 4.05. The molecule has 0 aromatic carbocycles. The SMILES string of the molecule is Cc1cc(C)c(C(C)Nc2cccc(Cl)n2)c(C)n1. The van der Waals surface area contributed by atoms with Gasteiger partial charge in [0.15, 0.2) is 0 Å². The zero-order valence-corrected chi connectivity index (χ0v) is 12.4. The third kappa shape index (κ3) is 3.24. The molecule has 100 valence electrons. The molecule has 4 heteroatoms. The van der Waals surface area contributed by atoms with E-state index in [0.29, 0.717) is 5.15 Å². The number of hydrogen-bond donors (Lipinski definition) is 1. The maximum absolute atomic E-state index is 5.89. The lowest BCUT2D eigenvalue weighted by Gasteiger charge is -2.19. The van der Waals surface area contributed by atoms with Crippen LogP contribution in [0, 0.1) is 20.8 Å². The topological polar surface area (TPSA) is 37.8 Å². The second-order valence-corrected chi connectivity index (χ2v) is 5.18. The average Bonchev–Trinajstić information content (AvgIpc) is 2.27. The lowest BCUT2D eigenvalue weighted by Crippen LogP contribution is -2.12. The van der Waals surface area contributed by atoms with Gasteiger partial charge >= 0.3 is 0 Å². The van der Waals surface area contributed by atoms with Crippen LogP contribution in [0.15, 0.2) is 24.3 Å². The molecular weight excluding hydrogens is 258 g/mol. The molecule has 2 aromatic rings. The Hall–Kier alpha value is -1.61. The smallest absolute Gasteiger partial charge is 0.131 e. The van der Waals surface area contributed by atoms with Crippen molar-refractivity contribution in [3.8, 4) is 0 Å². The van der Waals surface area contributed by atoms with Crippen LogP contribution in [0.5, 0.6) is 0 Å². The van der Waals surface area contributed by atoms with E-state index in [1.165, 1.54) is 11.1 Å². The van der Waals surface area contributed by atoms with Crippen molar-refractivity contribution in [1.29, 1.82) is 0 Å². The molecule has 1 atom stereocenters. The average molecular weight is 276 g/mol. The molecule has 0 saturated heterocycles. The Balaban J connectivity index is 2.28. The summed E-state index contributed by atoms with van der Waals surface area (Å²) in [6.07, 6.45) is 0. The van der Waals surface area contributed by atoms with Gasteiger partial charge in [-0.25, -0.2) is 4.98 Å². The van der Waals surface area contributed by atoms with Crippen molar-refractivity contribution in [3.05, 3.63) is 51.9 Å². The Morgan fingerprint density at radius 3 is 2.53 bits per heavy atom. The number of anilines is 1. The predicted octanol–water partition coefficient (Wildman–Crippen LogP) is 4.23. The maximum atomic E-state index is 5.89. The van der Waals surface area contributed by atoms with Crippen molar-refractivity contribution in [1.82, 2.24) is 9.97 Å². The highest BCUT2D eigenvalue weighted by Crippen LogP contribution is 2.24. The number of nitrogens with one attached hydrogen (secondary N) is 1. The summed E-state index contributed by atoms with van der Waals surface area (Å²) in [6.45, 7) is 8.27. The highest BCUT2D eigenvalue weighted by molar-refractivity contribution is 6.29. The van der Waals surface area contributed by atoms with E-state index in [1.807, 2.05) is 26.0 Å². The minimum atomic E-state index is 0.138. The van der Waals surface area contributed by atoms with E-state index < -0.39 is 0 Å². The largest absolute Gasteiger partial charge is 0.363 e. The molecule has 3 nitrogen and oxygen atoms in total. The summed E-state index contributed by atoms with van der Waals surface area (Å²) in [6, 6.07) is 7.80. The Bertz CT molecular complexity index is 573. The molecule has 0 spiro atoms. The lowest BCUT2D eigenvalue weighted by atomic mass is 10.0. The number of rotatable bonds is 3. The first-order valence-corrected chi connectivity index (χ1v) is 6.69. The first-order valence-electron chi connectivity index (χ1n) is 6.31. The number of nitrogens with zero attached hydrogens (tertiary/aromatic N) is 2. The zero-order chi connectivity index (χ0) is 14.0. The van der Waals surface area contributed by atoms with Crippen LogP contribution in [0.2, 0.25) is 5.15 Å². The van der Waals surface area contributed by atoms with Gasteiger partial charge in [-0.3, -0.25) is 4.98 Å². The van der Waals surface area contributed by atoms with Crippen molar-refractivity contribution < 1.29 is 0 Å². The normalized spacial score (nSPS) is 12.3. The summed E-state index contributed by atoms with van der Waals surface area (Å²) in [7, 11) is 0. The number of halogens is 1. The van der Waals surface area contributed by atoms with Crippen molar-refractivity contribution in [2.24, 2.45) is 0 Å². The van der Waals surface area contributed by atoms with Gasteiger partial charge in [-0.15, -0.1) is 0 Å². The summed E-state index contributed by atoms with van der Waals surface area (Å²) in [5, 5.41) is 3.86. The molecule has 2 heterocycles. The monoisotopic (exact) mass is 275 g/mol. The third-order valence-electron chi connectivity index (χ3n) is 3.10. The first kappa shape index (κ1) is 13.8. The Labute approximate surface area is 119 Å². The van der Waals surface area contributed by atoms with Gasteiger partial charge in [0, 0.05) is 11.4 Å². The van der Waals surface area contributed by atoms with Gasteiger partial charge in [0.2, 0.25) is 0 Å². The molecule has 0 radical (unpaired) electrons. The Morgan fingerprint density at radius 2 is 1.89 bits per heavy atom. The fourth-order valence-electron chi connectivity index (χ4n) is 2.47. The second-order valence-electron chi connectivity index (χ2n) is 4.79. The predicted molar refractivity (Wildman–Crippen MR) is 79.7 cm³/mol. The summed E-state index contributed by atoms with van der Waals surface area (Å²) in [5.74, 6) is 0.777. The van der Waals surface area contributed by atoms with Crippen LogP contribution < -0.4 is 5.32 Å². The quantitative estimate of drug-likeness (QED) is 0.852. The first-order chi connectivity index (χ1) is 8.97. The van der Waals surface area contributed by atoms with E-state index in [4.69, 9.17) is 11.6 Å². The Morgan fingerprint density at radius 1 is 1.16 bits per heavy atom. The van der Waals surface area contributed by atoms with E-state index >= 15 is 0 Å². The van der Waals surface area contributed by atoms with Gasteiger partial charge in [-0.2, -0.15) is 0 Å². The number of pyridine rings is 2. The van der Waals surface area contributed by atoms with Crippen LogP contribution in [0.25, 0.3) is 0 Å². The van der Waals surface area contributed by atoms with E-state index in [2.05, 4.69) is 35.2 Å². The van der Waals surface area contributed by atoms with E-state index in [9.17, 15) is 0 Å². The van der Waals surface area contributed by atoms with Crippen LogP contribution in [-0.2, 0) is 0 Å². The minimum Gasteiger partial charge on any atom is -0.363 e. The molecule has 0 aliphatic heterocycles. The fourth-order valence-corrected chi connectivity index (χ4v) is 2.63. The number of hydrogen-bond acceptors (Lipinski definition) is 3. The second kappa shape index (κ2) is 5.57. The van der Waals surface area contributed by atoms with Crippen molar-refractivity contribution >= 4 is 17.4 Å². The highest BCUT2D eigenvalue weighted by Gasteiger charge is 2.13. The third-order valence-corrected chi connectivity index (χ3v) is 3.31. The molecule has 19 heavy (non-hydrogen) atoms. The van der Waals surface area contributed by atoms with E-state index in [1.54, 1.807) is 6.07 Å². The van der Waals surface area contributed by atoms with Crippen LogP contribution in [-0.4, -0.2) is 9.97 Å². The van der Waals surface area contributed by atoms with Crippen molar-refractivity contribution in [3.63, 3.8) is 0 Å². The molecule has 0 bridgehead atoms. The molecular formula is C15H18ClN3. The maximum Gasteiger partial charge on any atom is 0.131 e. The van der Waals surface area contributed by atoms with Gasteiger partial charge in [0.1, 0.15) is 11.0 Å². The molecule has 0 fully saturated rings. The molecule has 1 unspecified atom stereocenters. The van der Waals surface area contributed by atoms with E-state index in [0.717, 1.165) is 17.2 Å². The molecule has 2 aromatic heterocycles. The summed E-state index contributed by atoms with van der Waals surface area (Å²) < 4.78 is 0. The van der Waals surface area contributed by atoms with Crippen LogP contribution in [0.1, 0.15) is 35.5 Å². The minimum absolute atomic E-state index is 0.138. The molecule has 2 rings (SSSR count). The molecule has 0 amide bonds. The van der Waals surface area contributed by atoms with Gasteiger partial charge in [0.05, 0.1) is 6.04 Å². The fraction of sp³-hybridized carbons (Fsp3) is 0.333. The number of aryl methyl sites for hydroxylation is 3. The van der Waals surface area contributed by atoms with Crippen molar-refractivity contribution in [2.45, 2.75) is 33.7 Å².